The van der Waals surface area contributed by atoms with Crippen molar-refractivity contribution in [2.24, 2.45) is 0 Å². The molecule has 1 heterocycles. The van der Waals surface area contributed by atoms with Gasteiger partial charge in [-0.25, -0.2) is 12.7 Å². The van der Waals surface area contributed by atoms with Gasteiger partial charge in [-0.15, -0.1) is 0 Å². The summed E-state index contributed by atoms with van der Waals surface area (Å²) >= 11 is 6.21. The third-order valence-corrected chi connectivity index (χ3v) is 6.61. The van der Waals surface area contributed by atoms with Gasteiger partial charge in [-0.3, -0.25) is 4.79 Å². The minimum absolute atomic E-state index is 0.0353. The highest BCUT2D eigenvalue weighted by atomic mass is 35.5. The van der Waals surface area contributed by atoms with Gasteiger partial charge in [-0.05, 0) is 23.8 Å². The molecular formula is C19H21ClN2O4S. The van der Waals surface area contributed by atoms with Crippen molar-refractivity contribution in [2.75, 3.05) is 33.8 Å². The predicted octanol–water partition coefficient (Wildman–Crippen LogP) is 2.80. The van der Waals surface area contributed by atoms with Crippen LogP contribution in [0.5, 0.6) is 0 Å². The molecule has 0 aliphatic carbocycles. The number of benzene rings is 2. The molecule has 6 nitrogen and oxygen atoms in total. The smallest absolute Gasteiger partial charge is 0.255 e. The lowest BCUT2D eigenvalue weighted by Gasteiger charge is -2.33. The summed E-state index contributed by atoms with van der Waals surface area (Å²) in [5.74, 6) is -0.306. The fraction of sp³-hybridized carbons (Fsp3) is 0.316. The molecule has 8 heteroatoms. The molecular weight excluding hydrogens is 388 g/mol. The first kappa shape index (κ1) is 19.8. The summed E-state index contributed by atoms with van der Waals surface area (Å²) in [7, 11) is -0.770. The van der Waals surface area contributed by atoms with E-state index >= 15 is 0 Å². The average molecular weight is 409 g/mol. The van der Waals surface area contributed by atoms with E-state index in [1.165, 1.54) is 32.3 Å². The fourth-order valence-corrected chi connectivity index (χ4v) is 4.04. The highest BCUT2D eigenvalue weighted by Gasteiger charge is 2.28. The van der Waals surface area contributed by atoms with E-state index in [0.29, 0.717) is 19.7 Å². The SMILES string of the molecule is CN(C)S(=O)(=O)c1ccc(Cl)c(C(=O)N2CCO[C@H](c3ccccc3)C2)c1. The molecule has 1 amide bonds. The number of hydrogen-bond donors (Lipinski definition) is 0. The van der Waals surface area contributed by atoms with E-state index in [2.05, 4.69) is 0 Å². The third kappa shape index (κ3) is 4.16. The number of amides is 1. The van der Waals surface area contributed by atoms with Gasteiger partial charge < -0.3 is 9.64 Å². The van der Waals surface area contributed by atoms with Crippen LogP contribution in [0.2, 0.25) is 5.02 Å². The second kappa shape index (κ2) is 7.98. The number of hydrogen-bond acceptors (Lipinski definition) is 4. The van der Waals surface area contributed by atoms with E-state index in [4.69, 9.17) is 16.3 Å². The molecule has 0 aromatic heterocycles. The van der Waals surface area contributed by atoms with Crippen LogP contribution in [-0.4, -0.2) is 57.3 Å². The summed E-state index contributed by atoms with van der Waals surface area (Å²) in [5.41, 5.74) is 1.17. The molecule has 27 heavy (non-hydrogen) atoms. The molecule has 0 saturated carbocycles. The Labute approximate surface area is 164 Å². The molecule has 0 spiro atoms. The normalized spacial score (nSPS) is 17.9. The lowest BCUT2D eigenvalue weighted by molar-refractivity contribution is -0.0228. The van der Waals surface area contributed by atoms with Crippen LogP contribution in [-0.2, 0) is 14.8 Å². The summed E-state index contributed by atoms with van der Waals surface area (Å²) < 4.78 is 31.6. The van der Waals surface area contributed by atoms with Crippen molar-refractivity contribution >= 4 is 27.5 Å². The van der Waals surface area contributed by atoms with Gasteiger partial charge in [0.15, 0.2) is 0 Å². The Balaban J connectivity index is 1.87. The van der Waals surface area contributed by atoms with E-state index in [0.717, 1.165) is 9.87 Å². The van der Waals surface area contributed by atoms with Gasteiger partial charge in [0.05, 0.1) is 28.6 Å². The Morgan fingerprint density at radius 1 is 1.19 bits per heavy atom. The molecule has 0 bridgehead atoms. The molecule has 0 N–H and O–H groups in total. The second-order valence-corrected chi connectivity index (χ2v) is 9.01. The zero-order chi connectivity index (χ0) is 19.6. The van der Waals surface area contributed by atoms with Gasteiger partial charge >= 0.3 is 0 Å². The van der Waals surface area contributed by atoms with Crippen molar-refractivity contribution in [1.82, 2.24) is 9.21 Å². The van der Waals surface area contributed by atoms with Crippen LogP contribution in [0.4, 0.5) is 0 Å². The van der Waals surface area contributed by atoms with E-state index < -0.39 is 10.0 Å². The van der Waals surface area contributed by atoms with Gasteiger partial charge in [0.1, 0.15) is 6.10 Å². The summed E-state index contributed by atoms with van der Waals surface area (Å²) in [6, 6.07) is 13.9. The van der Waals surface area contributed by atoms with Crippen LogP contribution in [0.3, 0.4) is 0 Å². The summed E-state index contributed by atoms with van der Waals surface area (Å²) in [5, 5.41) is 0.223. The van der Waals surface area contributed by atoms with Gasteiger partial charge in [-0.2, -0.15) is 0 Å². The van der Waals surface area contributed by atoms with E-state index in [1.54, 1.807) is 4.90 Å². The lowest BCUT2D eigenvalue weighted by Crippen LogP contribution is -2.42. The van der Waals surface area contributed by atoms with E-state index in [9.17, 15) is 13.2 Å². The highest BCUT2D eigenvalue weighted by Crippen LogP contribution is 2.27. The van der Waals surface area contributed by atoms with E-state index in [-0.39, 0.29) is 27.5 Å². The Bertz CT molecular complexity index is 932. The number of nitrogens with zero attached hydrogens (tertiary/aromatic N) is 2. The molecule has 3 rings (SSSR count). The molecule has 144 valence electrons. The monoisotopic (exact) mass is 408 g/mol. The molecule has 1 atom stereocenters. The van der Waals surface area contributed by atoms with Crippen molar-refractivity contribution in [3.05, 3.63) is 64.7 Å². The van der Waals surface area contributed by atoms with Crippen molar-refractivity contribution in [1.29, 1.82) is 0 Å². The largest absolute Gasteiger partial charge is 0.370 e. The molecule has 1 fully saturated rings. The minimum Gasteiger partial charge on any atom is -0.370 e. The molecule has 2 aromatic rings. The molecule has 2 aromatic carbocycles. The van der Waals surface area contributed by atoms with Crippen LogP contribution in [0.15, 0.2) is 53.4 Å². The molecule has 1 saturated heterocycles. The van der Waals surface area contributed by atoms with Gasteiger partial charge in [0.25, 0.3) is 5.91 Å². The van der Waals surface area contributed by atoms with Gasteiger partial charge in [0.2, 0.25) is 10.0 Å². The van der Waals surface area contributed by atoms with Gasteiger partial charge in [0, 0.05) is 20.6 Å². The molecule has 0 radical (unpaired) electrons. The first-order valence-corrected chi connectivity index (χ1v) is 10.3. The van der Waals surface area contributed by atoms with Gasteiger partial charge in [-0.1, -0.05) is 41.9 Å². The van der Waals surface area contributed by atoms with Crippen LogP contribution in [0, 0.1) is 0 Å². The Morgan fingerprint density at radius 3 is 2.56 bits per heavy atom. The lowest BCUT2D eigenvalue weighted by atomic mass is 10.1. The zero-order valence-corrected chi connectivity index (χ0v) is 16.7. The third-order valence-electron chi connectivity index (χ3n) is 4.47. The molecule has 0 unspecified atom stereocenters. The van der Waals surface area contributed by atoms with Crippen molar-refractivity contribution in [3.8, 4) is 0 Å². The second-order valence-electron chi connectivity index (χ2n) is 6.45. The van der Waals surface area contributed by atoms with Crippen molar-refractivity contribution in [3.63, 3.8) is 0 Å². The Hall–Kier alpha value is -1.93. The minimum atomic E-state index is -3.65. The Kier molecular flexibility index (Phi) is 5.86. The number of sulfonamides is 1. The van der Waals surface area contributed by atoms with Crippen molar-refractivity contribution in [2.45, 2.75) is 11.0 Å². The van der Waals surface area contributed by atoms with Crippen molar-refractivity contribution < 1.29 is 17.9 Å². The maximum absolute atomic E-state index is 13.0. The number of halogens is 1. The fourth-order valence-electron chi connectivity index (χ4n) is 2.91. The number of carbonyl (C=O) groups is 1. The first-order chi connectivity index (χ1) is 12.8. The average Bonchev–Trinajstić information content (AvgIpc) is 2.68. The molecule has 1 aliphatic heterocycles. The van der Waals surface area contributed by atoms with Crippen LogP contribution in [0.25, 0.3) is 0 Å². The predicted molar refractivity (Wildman–Crippen MR) is 103 cm³/mol. The summed E-state index contributed by atoms with van der Waals surface area (Å²) in [6.45, 7) is 1.20. The topological polar surface area (TPSA) is 66.9 Å². The number of carbonyl (C=O) groups excluding carboxylic acids is 1. The maximum atomic E-state index is 13.0. The maximum Gasteiger partial charge on any atom is 0.255 e. The summed E-state index contributed by atoms with van der Waals surface area (Å²) in [6.07, 6.45) is -0.226. The van der Waals surface area contributed by atoms with Crippen LogP contribution < -0.4 is 0 Å². The zero-order valence-electron chi connectivity index (χ0n) is 15.1. The van der Waals surface area contributed by atoms with Crippen LogP contribution in [0.1, 0.15) is 22.0 Å². The summed E-state index contributed by atoms with van der Waals surface area (Å²) in [4.78, 5) is 14.7. The van der Waals surface area contributed by atoms with Crippen LogP contribution >= 0.6 is 11.6 Å². The number of ether oxygens (including phenoxy) is 1. The number of morpholine rings is 1. The number of rotatable bonds is 4. The standard InChI is InChI=1S/C19H21ClN2O4S/c1-21(2)27(24,25)15-8-9-17(20)16(12-15)19(23)22-10-11-26-18(13-22)14-6-4-3-5-7-14/h3-9,12,18H,10-11,13H2,1-2H3/t18-/m0/s1. The highest BCUT2D eigenvalue weighted by molar-refractivity contribution is 7.89. The van der Waals surface area contributed by atoms with E-state index in [1.807, 2.05) is 30.3 Å². The first-order valence-electron chi connectivity index (χ1n) is 8.48. The Morgan fingerprint density at radius 2 is 1.89 bits per heavy atom. The quantitative estimate of drug-likeness (QED) is 0.780. The molecule has 1 aliphatic rings.